The van der Waals surface area contributed by atoms with Crippen LogP contribution in [-0.2, 0) is 22.8 Å². The van der Waals surface area contributed by atoms with Crippen molar-refractivity contribution in [2.45, 2.75) is 13.2 Å². The van der Waals surface area contributed by atoms with E-state index in [0.29, 0.717) is 11.6 Å². The van der Waals surface area contributed by atoms with Gasteiger partial charge in [-0.1, -0.05) is 50.9 Å². The fraction of sp³-hybridized carbons (Fsp3) is 0.188. The molecule has 1 heterocycles. The summed E-state index contributed by atoms with van der Waals surface area (Å²) in [4.78, 5) is 5.37. The molecule has 2 aromatic rings. The zero-order valence-corrected chi connectivity index (χ0v) is 13.9. The molecule has 1 aliphatic rings. The molecule has 2 aromatic carbocycles. The molecule has 114 valence electrons. The molecule has 6 heteroatoms. The van der Waals surface area contributed by atoms with Crippen molar-refractivity contribution in [2.24, 2.45) is 5.16 Å². The van der Waals surface area contributed by atoms with Gasteiger partial charge in [-0.2, -0.15) is 0 Å². The van der Waals surface area contributed by atoms with Crippen molar-refractivity contribution in [3.05, 3.63) is 62.6 Å². The summed E-state index contributed by atoms with van der Waals surface area (Å²) in [7, 11) is 0. The summed E-state index contributed by atoms with van der Waals surface area (Å²) in [5.74, 6) is 0.770. The van der Waals surface area contributed by atoms with Crippen LogP contribution in [0.1, 0.15) is 16.7 Å². The third-order valence-electron chi connectivity index (χ3n) is 3.14. The minimum Gasteiger partial charge on any atom is -0.467 e. The van der Waals surface area contributed by atoms with Crippen LogP contribution in [-0.4, -0.2) is 13.0 Å². The molecule has 4 nitrogen and oxygen atoms in total. The predicted molar refractivity (Wildman–Crippen MR) is 88.3 cm³/mol. The van der Waals surface area contributed by atoms with Crippen LogP contribution in [0.4, 0.5) is 0 Å². The number of fused-ring (bicyclic) bond motifs is 1. The summed E-state index contributed by atoms with van der Waals surface area (Å²) in [5, 5.41) is 4.62. The Morgan fingerprint density at radius 3 is 3.05 bits per heavy atom. The van der Waals surface area contributed by atoms with Gasteiger partial charge in [-0.05, 0) is 18.2 Å². The van der Waals surface area contributed by atoms with Gasteiger partial charge in [0.25, 0.3) is 0 Å². The van der Waals surface area contributed by atoms with E-state index >= 15 is 0 Å². The summed E-state index contributed by atoms with van der Waals surface area (Å²) in [6.07, 6.45) is 1.66. The Kier molecular flexibility index (Phi) is 4.97. The lowest BCUT2D eigenvalue weighted by atomic mass is 10.1. The minimum atomic E-state index is 0.238. The molecule has 0 unspecified atom stereocenters. The first-order valence-electron chi connectivity index (χ1n) is 6.66. The van der Waals surface area contributed by atoms with Gasteiger partial charge < -0.3 is 14.3 Å². The monoisotopic (exact) mass is 381 g/mol. The molecule has 0 amide bonds. The summed E-state index contributed by atoms with van der Waals surface area (Å²) < 4.78 is 11.7. The van der Waals surface area contributed by atoms with Gasteiger partial charge in [0.2, 0.25) is 0 Å². The molecular formula is C16H13BrClNO3. The standard InChI is InChI=1S/C16H13BrClNO3/c17-15-4-2-1-3-11(15)7-19-22-9-13-6-14(18)5-12-8-20-10-21-16(12)13/h1-7H,8-10H2/b19-7-. The molecule has 0 N–H and O–H groups in total. The van der Waals surface area contributed by atoms with Crippen LogP contribution in [0, 0.1) is 0 Å². The van der Waals surface area contributed by atoms with Gasteiger partial charge in [-0.25, -0.2) is 0 Å². The lowest BCUT2D eigenvalue weighted by Crippen LogP contribution is -2.13. The zero-order valence-electron chi connectivity index (χ0n) is 11.6. The molecule has 0 aromatic heterocycles. The normalized spacial score (nSPS) is 13.7. The Balaban J connectivity index is 1.69. The van der Waals surface area contributed by atoms with Gasteiger partial charge in [0.1, 0.15) is 12.4 Å². The highest BCUT2D eigenvalue weighted by Gasteiger charge is 2.16. The summed E-state index contributed by atoms with van der Waals surface area (Å²) in [5.41, 5.74) is 2.72. The lowest BCUT2D eigenvalue weighted by Gasteiger charge is -2.20. The first kappa shape index (κ1) is 15.3. The number of oxime groups is 1. The molecule has 0 fully saturated rings. The molecule has 0 saturated carbocycles. The number of ether oxygens (including phenoxy) is 2. The van der Waals surface area contributed by atoms with Gasteiger partial charge in [0.05, 0.1) is 12.8 Å². The van der Waals surface area contributed by atoms with Crippen LogP contribution in [0.2, 0.25) is 5.02 Å². The third kappa shape index (κ3) is 3.61. The van der Waals surface area contributed by atoms with Gasteiger partial charge in [-0.3, -0.25) is 0 Å². The minimum absolute atomic E-state index is 0.238. The Morgan fingerprint density at radius 2 is 2.18 bits per heavy atom. The van der Waals surface area contributed by atoms with E-state index in [1.807, 2.05) is 36.4 Å². The van der Waals surface area contributed by atoms with Crippen LogP contribution in [0.25, 0.3) is 0 Å². The third-order valence-corrected chi connectivity index (χ3v) is 4.08. The lowest BCUT2D eigenvalue weighted by molar-refractivity contribution is -0.0183. The fourth-order valence-electron chi connectivity index (χ4n) is 2.14. The molecule has 1 aliphatic heterocycles. The van der Waals surface area contributed by atoms with E-state index in [1.165, 1.54) is 0 Å². The van der Waals surface area contributed by atoms with Gasteiger partial charge in [0, 0.05) is 26.2 Å². The molecule has 0 atom stereocenters. The molecule has 0 aliphatic carbocycles. The molecule has 0 radical (unpaired) electrons. The number of halogens is 2. The number of nitrogens with zero attached hydrogens (tertiary/aromatic N) is 1. The SMILES string of the molecule is Clc1cc2c(c(CO/N=C\c3ccccc3Br)c1)OCOC2. The van der Waals surface area contributed by atoms with Gasteiger partial charge in [-0.15, -0.1) is 0 Å². The summed E-state index contributed by atoms with van der Waals surface area (Å²) in [6.45, 7) is 1.01. The largest absolute Gasteiger partial charge is 0.467 e. The quantitative estimate of drug-likeness (QED) is 0.576. The fourth-order valence-corrected chi connectivity index (χ4v) is 2.80. The highest BCUT2D eigenvalue weighted by Crippen LogP contribution is 2.32. The van der Waals surface area contributed by atoms with Crippen LogP contribution in [0.3, 0.4) is 0 Å². The maximum Gasteiger partial charge on any atom is 0.189 e. The van der Waals surface area contributed by atoms with Crippen molar-refractivity contribution in [3.8, 4) is 5.75 Å². The summed E-state index contributed by atoms with van der Waals surface area (Å²) >= 11 is 9.55. The highest BCUT2D eigenvalue weighted by molar-refractivity contribution is 9.10. The van der Waals surface area contributed by atoms with Crippen molar-refractivity contribution in [2.75, 3.05) is 6.79 Å². The van der Waals surface area contributed by atoms with Gasteiger partial charge in [0.15, 0.2) is 6.79 Å². The highest BCUT2D eigenvalue weighted by atomic mass is 79.9. The summed E-state index contributed by atoms with van der Waals surface area (Å²) in [6, 6.07) is 11.4. The Hall–Kier alpha value is -1.56. The van der Waals surface area contributed by atoms with Crippen molar-refractivity contribution >= 4 is 33.7 Å². The van der Waals surface area contributed by atoms with Crippen molar-refractivity contribution < 1.29 is 14.3 Å². The number of rotatable bonds is 4. The molecule has 22 heavy (non-hydrogen) atoms. The van der Waals surface area contributed by atoms with E-state index in [1.54, 1.807) is 6.21 Å². The van der Waals surface area contributed by atoms with E-state index in [0.717, 1.165) is 26.9 Å². The van der Waals surface area contributed by atoms with Crippen molar-refractivity contribution in [3.63, 3.8) is 0 Å². The zero-order chi connectivity index (χ0) is 15.4. The maximum atomic E-state index is 6.10. The van der Waals surface area contributed by atoms with Crippen LogP contribution >= 0.6 is 27.5 Å². The smallest absolute Gasteiger partial charge is 0.189 e. The number of hydrogen-bond acceptors (Lipinski definition) is 4. The second-order valence-electron chi connectivity index (χ2n) is 4.69. The molecular weight excluding hydrogens is 370 g/mol. The molecule has 3 rings (SSSR count). The average Bonchev–Trinajstić information content (AvgIpc) is 2.53. The van der Waals surface area contributed by atoms with E-state index < -0.39 is 0 Å². The van der Waals surface area contributed by atoms with E-state index in [2.05, 4.69) is 21.1 Å². The van der Waals surface area contributed by atoms with Crippen molar-refractivity contribution in [1.29, 1.82) is 0 Å². The van der Waals surface area contributed by atoms with E-state index in [-0.39, 0.29) is 13.4 Å². The number of hydrogen-bond donors (Lipinski definition) is 0. The Morgan fingerprint density at radius 1 is 1.32 bits per heavy atom. The number of benzene rings is 2. The Labute approximate surface area is 141 Å². The Bertz CT molecular complexity index is 706. The van der Waals surface area contributed by atoms with Crippen LogP contribution in [0.15, 0.2) is 46.0 Å². The van der Waals surface area contributed by atoms with Gasteiger partial charge >= 0.3 is 0 Å². The molecule has 0 spiro atoms. The first-order valence-corrected chi connectivity index (χ1v) is 7.83. The first-order chi connectivity index (χ1) is 10.7. The average molecular weight is 383 g/mol. The second kappa shape index (κ2) is 7.13. The predicted octanol–water partition coefficient (Wildman–Crippen LogP) is 4.52. The van der Waals surface area contributed by atoms with Crippen LogP contribution in [0.5, 0.6) is 5.75 Å². The van der Waals surface area contributed by atoms with E-state index in [9.17, 15) is 0 Å². The molecule has 0 bridgehead atoms. The topological polar surface area (TPSA) is 40.0 Å². The molecule has 0 saturated heterocycles. The van der Waals surface area contributed by atoms with Crippen LogP contribution < -0.4 is 4.74 Å². The maximum absolute atomic E-state index is 6.10. The van der Waals surface area contributed by atoms with Crippen molar-refractivity contribution in [1.82, 2.24) is 0 Å². The van der Waals surface area contributed by atoms with E-state index in [4.69, 9.17) is 25.9 Å². The second-order valence-corrected chi connectivity index (χ2v) is 5.98.